The van der Waals surface area contributed by atoms with Crippen molar-refractivity contribution in [3.8, 4) is 0 Å². The van der Waals surface area contributed by atoms with Gasteiger partial charge in [0.1, 0.15) is 5.82 Å². The fourth-order valence-corrected chi connectivity index (χ4v) is 2.72. The van der Waals surface area contributed by atoms with Crippen molar-refractivity contribution in [1.29, 1.82) is 0 Å². The van der Waals surface area contributed by atoms with Crippen LogP contribution in [0.15, 0.2) is 22.7 Å². The molecule has 2 unspecified atom stereocenters. The van der Waals surface area contributed by atoms with E-state index in [0.29, 0.717) is 23.7 Å². The van der Waals surface area contributed by atoms with Crippen LogP contribution in [0.25, 0.3) is 0 Å². The van der Waals surface area contributed by atoms with Gasteiger partial charge in [0.05, 0.1) is 5.69 Å². The van der Waals surface area contributed by atoms with Gasteiger partial charge in [-0.3, -0.25) is 0 Å². The lowest BCUT2D eigenvalue weighted by Gasteiger charge is -2.42. The first-order chi connectivity index (χ1) is 8.49. The molecule has 0 bridgehead atoms. The molecule has 0 aromatic heterocycles. The highest BCUT2D eigenvalue weighted by Gasteiger charge is 2.28. The number of piperazine rings is 1. The van der Waals surface area contributed by atoms with Gasteiger partial charge in [0.25, 0.3) is 0 Å². The van der Waals surface area contributed by atoms with Gasteiger partial charge in [0.2, 0.25) is 0 Å². The summed E-state index contributed by atoms with van der Waals surface area (Å²) < 4.78 is 14.8. The zero-order valence-electron chi connectivity index (χ0n) is 11.1. The van der Waals surface area contributed by atoms with Crippen LogP contribution in [0.2, 0.25) is 0 Å². The van der Waals surface area contributed by atoms with Crippen LogP contribution in [0.4, 0.5) is 10.1 Å². The molecule has 1 heterocycles. The summed E-state index contributed by atoms with van der Waals surface area (Å²) in [6.07, 6.45) is 0. The molecular formula is C14H20BrFN2. The number of nitrogens with zero attached hydrogens (tertiary/aromatic N) is 1. The molecule has 0 amide bonds. The molecule has 1 saturated heterocycles. The van der Waals surface area contributed by atoms with Crippen LogP contribution in [-0.4, -0.2) is 25.2 Å². The summed E-state index contributed by atoms with van der Waals surface area (Å²) in [7, 11) is 0. The van der Waals surface area contributed by atoms with Crippen molar-refractivity contribution in [2.45, 2.75) is 32.9 Å². The van der Waals surface area contributed by atoms with Gasteiger partial charge in [0.15, 0.2) is 0 Å². The first-order valence-electron chi connectivity index (χ1n) is 6.44. The Morgan fingerprint density at radius 3 is 2.78 bits per heavy atom. The highest BCUT2D eigenvalue weighted by molar-refractivity contribution is 9.10. The lowest BCUT2D eigenvalue weighted by atomic mass is 9.99. The van der Waals surface area contributed by atoms with Gasteiger partial charge < -0.3 is 10.2 Å². The summed E-state index contributed by atoms with van der Waals surface area (Å²) in [4.78, 5) is 2.17. The number of hydrogen-bond acceptors (Lipinski definition) is 2. The fraction of sp³-hybridized carbons (Fsp3) is 0.571. The van der Waals surface area contributed by atoms with Crippen molar-refractivity contribution in [1.82, 2.24) is 5.32 Å². The van der Waals surface area contributed by atoms with E-state index >= 15 is 0 Å². The Kier molecular flexibility index (Phi) is 4.28. The summed E-state index contributed by atoms with van der Waals surface area (Å²) >= 11 is 3.30. The molecule has 1 aliphatic heterocycles. The third-order valence-corrected chi connectivity index (χ3v) is 4.12. The van der Waals surface area contributed by atoms with Crippen LogP contribution in [0.5, 0.6) is 0 Å². The van der Waals surface area contributed by atoms with Gasteiger partial charge in [0, 0.05) is 29.6 Å². The minimum absolute atomic E-state index is 0.152. The Bertz CT molecular complexity index is 422. The van der Waals surface area contributed by atoms with E-state index < -0.39 is 0 Å². The molecule has 2 rings (SSSR count). The van der Waals surface area contributed by atoms with Crippen molar-refractivity contribution in [3.63, 3.8) is 0 Å². The molecule has 1 N–H and O–H groups in total. The van der Waals surface area contributed by atoms with Crippen LogP contribution >= 0.6 is 15.9 Å². The second-order valence-corrected chi connectivity index (χ2v) is 6.27. The smallest absolute Gasteiger partial charge is 0.147 e. The van der Waals surface area contributed by atoms with E-state index in [1.165, 1.54) is 6.07 Å². The largest absolute Gasteiger partial charge is 0.364 e. The molecule has 2 nitrogen and oxygen atoms in total. The Morgan fingerprint density at radius 1 is 1.44 bits per heavy atom. The summed E-state index contributed by atoms with van der Waals surface area (Å²) in [6, 6.07) is 6.03. The zero-order valence-corrected chi connectivity index (χ0v) is 12.7. The van der Waals surface area contributed by atoms with E-state index in [2.05, 4.69) is 46.9 Å². The van der Waals surface area contributed by atoms with Gasteiger partial charge in [-0.05, 0) is 31.0 Å². The van der Waals surface area contributed by atoms with E-state index in [0.717, 1.165) is 17.6 Å². The van der Waals surface area contributed by atoms with Crippen molar-refractivity contribution < 1.29 is 4.39 Å². The minimum Gasteiger partial charge on any atom is -0.364 e. The molecule has 1 fully saturated rings. The Morgan fingerprint density at radius 2 is 2.17 bits per heavy atom. The maximum Gasteiger partial charge on any atom is 0.147 e. The number of hydrogen-bond donors (Lipinski definition) is 1. The summed E-state index contributed by atoms with van der Waals surface area (Å²) in [5, 5.41) is 3.53. The minimum atomic E-state index is -0.152. The monoisotopic (exact) mass is 314 g/mol. The SMILES string of the molecule is CC(C)C1CN(c2ccc(Br)cc2F)C(C)CN1. The highest BCUT2D eigenvalue weighted by atomic mass is 79.9. The zero-order chi connectivity index (χ0) is 13.3. The van der Waals surface area contributed by atoms with E-state index in [-0.39, 0.29) is 5.82 Å². The predicted octanol–water partition coefficient (Wildman–Crippen LogP) is 3.41. The summed E-state index contributed by atoms with van der Waals surface area (Å²) in [6.45, 7) is 8.29. The molecule has 1 aromatic carbocycles. The van der Waals surface area contributed by atoms with Gasteiger partial charge in [-0.2, -0.15) is 0 Å². The molecule has 4 heteroatoms. The third-order valence-electron chi connectivity index (χ3n) is 3.62. The van der Waals surface area contributed by atoms with Crippen molar-refractivity contribution in [2.75, 3.05) is 18.0 Å². The molecule has 18 heavy (non-hydrogen) atoms. The molecule has 0 spiro atoms. The number of nitrogens with one attached hydrogen (secondary N) is 1. The molecule has 0 radical (unpaired) electrons. The number of rotatable bonds is 2. The van der Waals surface area contributed by atoms with Gasteiger partial charge in [-0.1, -0.05) is 29.8 Å². The van der Waals surface area contributed by atoms with Crippen LogP contribution in [0.1, 0.15) is 20.8 Å². The van der Waals surface area contributed by atoms with E-state index in [9.17, 15) is 4.39 Å². The van der Waals surface area contributed by atoms with Crippen molar-refractivity contribution >= 4 is 21.6 Å². The van der Waals surface area contributed by atoms with Crippen LogP contribution in [-0.2, 0) is 0 Å². The van der Waals surface area contributed by atoms with Gasteiger partial charge >= 0.3 is 0 Å². The first-order valence-corrected chi connectivity index (χ1v) is 7.23. The molecule has 0 saturated carbocycles. The number of halogens is 2. The third kappa shape index (κ3) is 2.86. The molecule has 1 aromatic rings. The summed E-state index contributed by atoms with van der Waals surface area (Å²) in [5.41, 5.74) is 0.706. The molecule has 100 valence electrons. The molecule has 2 atom stereocenters. The topological polar surface area (TPSA) is 15.3 Å². The lowest BCUT2D eigenvalue weighted by molar-refractivity contribution is 0.335. The van der Waals surface area contributed by atoms with E-state index in [1.807, 2.05) is 12.1 Å². The van der Waals surface area contributed by atoms with E-state index in [4.69, 9.17) is 0 Å². The Balaban J connectivity index is 2.24. The van der Waals surface area contributed by atoms with E-state index in [1.54, 1.807) is 0 Å². The van der Waals surface area contributed by atoms with Crippen molar-refractivity contribution in [3.05, 3.63) is 28.5 Å². The predicted molar refractivity (Wildman–Crippen MR) is 77.5 cm³/mol. The summed E-state index contributed by atoms with van der Waals surface area (Å²) in [5.74, 6) is 0.402. The number of anilines is 1. The average molecular weight is 315 g/mol. The quantitative estimate of drug-likeness (QED) is 0.900. The maximum atomic E-state index is 14.0. The average Bonchev–Trinajstić information content (AvgIpc) is 2.30. The van der Waals surface area contributed by atoms with Crippen LogP contribution in [0.3, 0.4) is 0 Å². The normalized spacial score (nSPS) is 24.7. The molecular weight excluding hydrogens is 295 g/mol. The Labute approximate surface area is 117 Å². The fourth-order valence-electron chi connectivity index (χ4n) is 2.39. The first kappa shape index (κ1) is 13.8. The van der Waals surface area contributed by atoms with Gasteiger partial charge in [-0.15, -0.1) is 0 Å². The maximum absolute atomic E-state index is 14.0. The van der Waals surface area contributed by atoms with Crippen LogP contribution < -0.4 is 10.2 Å². The second kappa shape index (κ2) is 5.57. The lowest BCUT2D eigenvalue weighted by Crippen LogP contribution is -2.57. The highest BCUT2D eigenvalue weighted by Crippen LogP contribution is 2.27. The number of benzene rings is 1. The second-order valence-electron chi connectivity index (χ2n) is 5.36. The standard InChI is InChI=1S/C14H20BrFN2/c1-9(2)13-8-18(10(3)7-17-13)14-5-4-11(15)6-12(14)16/h4-6,9-10,13,17H,7-8H2,1-3H3. The van der Waals surface area contributed by atoms with Crippen molar-refractivity contribution in [2.24, 2.45) is 5.92 Å². The Hall–Kier alpha value is -0.610. The molecule has 1 aliphatic rings. The van der Waals surface area contributed by atoms with Gasteiger partial charge in [-0.25, -0.2) is 4.39 Å². The van der Waals surface area contributed by atoms with Crippen LogP contribution in [0, 0.1) is 11.7 Å². The molecule has 0 aliphatic carbocycles.